The van der Waals surface area contributed by atoms with E-state index in [1.807, 2.05) is 30.3 Å². The van der Waals surface area contributed by atoms with Crippen molar-refractivity contribution in [2.24, 2.45) is 5.73 Å². The normalized spacial score (nSPS) is 9.96. The number of pyridine rings is 2. The van der Waals surface area contributed by atoms with Gasteiger partial charge in [-0.05, 0) is 24.3 Å². The molecule has 7 heteroatoms. The third-order valence-corrected chi connectivity index (χ3v) is 3.83. The number of hydrogen-bond donors (Lipinski definition) is 4. The fourth-order valence-corrected chi connectivity index (χ4v) is 2.51. The smallest absolute Gasteiger partial charge is 0.141 e. The monoisotopic (exact) mass is 364 g/mol. The van der Waals surface area contributed by atoms with Crippen LogP contribution in [0.5, 0.6) is 11.5 Å². The van der Waals surface area contributed by atoms with Crippen molar-refractivity contribution in [3.63, 3.8) is 0 Å². The van der Waals surface area contributed by atoms with Crippen molar-refractivity contribution in [3.05, 3.63) is 72.1 Å². The van der Waals surface area contributed by atoms with Gasteiger partial charge in [-0.3, -0.25) is 0 Å². The number of nitrogens with one attached hydrogen (secondary N) is 1. The van der Waals surface area contributed by atoms with E-state index in [-0.39, 0.29) is 17.0 Å². The Balaban J connectivity index is 0.000000187. The lowest BCUT2D eigenvalue weighted by atomic mass is 10.2. The Morgan fingerprint density at radius 3 is 1.93 bits per heavy atom. The SMILES string of the molecule is N=Cc1ccc2cccc(O)c2n1.NCc1ccc2cccc(O)c2n1.O. The van der Waals surface area contributed by atoms with E-state index < -0.39 is 0 Å². The van der Waals surface area contributed by atoms with Gasteiger partial charge in [-0.15, -0.1) is 0 Å². The number of benzene rings is 2. The highest BCUT2D eigenvalue weighted by molar-refractivity contribution is 5.87. The minimum Gasteiger partial charge on any atom is -0.506 e. The number of rotatable bonds is 2. The van der Waals surface area contributed by atoms with Gasteiger partial charge >= 0.3 is 0 Å². The maximum absolute atomic E-state index is 9.49. The van der Waals surface area contributed by atoms with Crippen LogP contribution in [-0.4, -0.2) is 31.9 Å². The van der Waals surface area contributed by atoms with Crippen molar-refractivity contribution in [3.8, 4) is 11.5 Å². The third-order valence-electron chi connectivity index (χ3n) is 3.83. The van der Waals surface area contributed by atoms with E-state index in [4.69, 9.17) is 11.1 Å². The fourth-order valence-electron chi connectivity index (χ4n) is 2.51. The standard InChI is InChI=1S/C10H10N2O.C10H8N2O.H2O/c2*11-6-8-5-4-7-2-1-3-9(13)10(7)12-8;/h1-5,13H,6,11H2;1-6,11,13H;1H2. The molecule has 0 aliphatic heterocycles. The Labute approximate surface area is 155 Å². The molecule has 4 rings (SSSR count). The maximum atomic E-state index is 9.49. The van der Waals surface area contributed by atoms with Crippen LogP contribution in [0.25, 0.3) is 21.8 Å². The van der Waals surface area contributed by atoms with E-state index in [0.717, 1.165) is 22.7 Å². The van der Waals surface area contributed by atoms with E-state index in [0.29, 0.717) is 23.3 Å². The first-order valence-electron chi connectivity index (χ1n) is 7.99. The second-order valence-electron chi connectivity index (χ2n) is 5.58. The molecule has 2 heterocycles. The summed E-state index contributed by atoms with van der Waals surface area (Å²) < 4.78 is 0. The lowest BCUT2D eigenvalue weighted by molar-refractivity contribution is 0.480. The summed E-state index contributed by atoms with van der Waals surface area (Å²) in [5.41, 5.74) is 7.94. The van der Waals surface area contributed by atoms with E-state index in [2.05, 4.69) is 9.97 Å². The molecular weight excluding hydrogens is 344 g/mol. The molecule has 0 aliphatic carbocycles. The molecule has 2 aromatic heterocycles. The molecule has 0 atom stereocenters. The van der Waals surface area contributed by atoms with Gasteiger partial charge in [0.25, 0.3) is 0 Å². The maximum Gasteiger partial charge on any atom is 0.141 e. The summed E-state index contributed by atoms with van der Waals surface area (Å²) >= 11 is 0. The van der Waals surface area contributed by atoms with Crippen molar-refractivity contribution < 1.29 is 15.7 Å². The van der Waals surface area contributed by atoms with Gasteiger partial charge in [-0.2, -0.15) is 0 Å². The van der Waals surface area contributed by atoms with Gasteiger partial charge < -0.3 is 26.8 Å². The zero-order valence-corrected chi connectivity index (χ0v) is 14.4. The van der Waals surface area contributed by atoms with Gasteiger partial charge in [-0.25, -0.2) is 9.97 Å². The number of aromatic hydroxyl groups is 2. The highest BCUT2D eigenvalue weighted by Crippen LogP contribution is 2.22. The lowest BCUT2D eigenvalue weighted by Crippen LogP contribution is -1.98. The van der Waals surface area contributed by atoms with Crippen LogP contribution in [0.2, 0.25) is 0 Å². The Morgan fingerprint density at radius 2 is 1.37 bits per heavy atom. The molecule has 7 nitrogen and oxygen atoms in total. The largest absolute Gasteiger partial charge is 0.506 e. The second-order valence-corrected chi connectivity index (χ2v) is 5.58. The van der Waals surface area contributed by atoms with Crippen LogP contribution >= 0.6 is 0 Å². The molecule has 0 fully saturated rings. The number of phenols is 2. The number of hydrogen-bond acceptors (Lipinski definition) is 6. The topological polar surface area (TPSA) is 148 Å². The summed E-state index contributed by atoms with van der Waals surface area (Å²) in [6, 6.07) is 17.9. The van der Waals surface area contributed by atoms with E-state index in [1.54, 1.807) is 30.3 Å². The van der Waals surface area contributed by atoms with Crippen molar-refractivity contribution in [1.82, 2.24) is 9.97 Å². The van der Waals surface area contributed by atoms with E-state index in [1.165, 1.54) is 0 Å². The average molecular weight is 364 g/mol. The Kier molecular flexibility index (Phi) is 6.37. The van der Waals surface area contributed by atoms with E-state index in [9.17, 15) is 10.2 Å². The molecule has 0 amide bonds. The summed E-state index contributed by atoms with van der Waals surface area (Å²) in [6.07, 6.45) is 1.16. The van der Waals surface area contributed by atoms with Crippen LogP contribution in [0.3, 0.4) is 0 Å². The molecule has 0 bridgehead atoms. The lowest BCUT2D eigenvalue weighted by Gasteiger charge is -2.01. The summed E-state index contributed by atoms with van der Waals surface area (Å²) in [7, 11) is 0. The second kappa shape index (κ2) is 8.70. The minimum atomic E-state index is 0. The van der Waals surface area contributed by atoms with Crippen LogP contribution in [0.4, 0.5) is 0 Å². The van der Waals surface area contributed by atoms with E-state index >= 15 is 0 Å². The van der Waals surface area contributed by atoms with Crippen LogP contribution in [0, 0.1) is 5.41 Å². The molecule has 2 aromatic carbocycles. The quantitative estimate of drug-likeness (QED) is 0.403. The molecule has 0 saturated heterocycles. The highest BCUT2D eigenvalue weighted by Gasteiger charge is 2.01. The first-order chi connectivity index (χ1) is 12.6. The summed E-state index contributed by atoms with van der Waals surface area (Å²) in [5, 5.41) is 27.8. The molecule has 138 valence electrons. The summed E-state index contributed by atoms with van der Waals surface area (Å²) in [5.74, 6) is 0.356. The van der Waals surface area contributed by atoms with Crippen LogP contribution < -0.4 is 5.73 Å². The van der Waals surface area contributed by atoms with Gasteiger partial charge in [0.1, 0.15) is 22.5 Å². The van der Waals surface area contributed by atoms with Crippen LogP contribution in [-0.2, 0) is 6.54 Å². The molecule has 0 radical (unpaired) electrons. The van der Waals surface area contributed by atoms with Gasteiger partial charge in [0.2, 0.25) is 0 Å². The Hall–Kier alpha value is -3.55. The number of phenolic OH excluding ortho intramolecular Hbond substituents is 2. The van der Waals surface area contributed by atoms with Gasteiger partial charge in [0.05, 0.1) is 11.4 Å². The molecule has 0 aliphatic rings. The molecule has 7 N–H and O–H groups in total. The summed E-state index contributed by atoms with van der Waals surface area (Å²) in [4.78, 5) is 8.32. The molecule has 4 aromatic rings. The van der Waals surface area contributed by atoms with Gasteiger partial charge in [-0.1, -0.05) is 36.4 Å². The van der Waals surface area contributed by atoms with Gasteiger partial charge in [0.15, 0.2) is 0 Å². The number of nitrogens with zero attached hydrogens (tertiary/aromatic N) is 2. The Bertz CT molecular complexity index is 1080. The fraction of sp³-hybridized carbons (Fsp3) is 0.0500. The Morgan fingerprint density at radius 1 is 0.815 bits per heavy atom. The average Bonchev–Trinajstić information content (AvgIpc) is 2.69. The third kappa shape index (κ3) is 4.35. The zero-order valence-electron chi connectivity index (χ0n) is 14.4. The highest BCUT2D eigenvalue weighted by atomic mass is 16.3. The van der Waals surface area contributed by atoms with Crippen LogP contribution in [0.1, 0.15) is 11.4 Å². The van der Waals surface area contributed by atoms with Crippen molar-refractivity contribution >= 4 is 28.0 Å². The van der Waals surface area contributed by atoms with Gasteiger partial charge in [0, 0.05) is 23.5 Å². The molecule has 27 heavy (non-hydrogen) atoms. The predicted octanol–water partition coefficient (Wildman–Crippen LogP) is 2.51. The van der Waals surface area contributed by atoms with Crippen molar-refractivity contribution in [2.45, 2.75) is 6.54 Å². The first-order valence-corrected chi connectivity index (χ1v) is 7.99. The molecule has 0 unspecified atom stereocenters. The van der Waals surface area contributed by atoms with Crippen molar-refractivity contribution in [2.75, 3.05) is 0 Å². The van der Waals surface area contributed by atoms with Crippen molar-refractivity contribution in [1.29, 1.82) is 5.41 Å². The van der Waals surface area contributed by atoms with Crippen LogP contribution in [0.15, 0.2) is 60.7 Å². The number of aromatic nitrogens is 2. The molecule has 0 spiro atoms. The zero-order chi connectivity index (χ0) is 18.5. The molecular formula is C20H20N4O3. The number of nitrogens with two attached hydrogens (primary N) is 1. The first kappa shape index (κ1) is 19.8. The predicted molar refractivity (Wildman–Crippen MR) is 106 cm³/mol. The molecule has 0 saturated carbocycles. The number of fused-ring (bicyclic) bond motifs is 2. The minimum absolute atomic E-state index is 0. The number of para-hydroxylation sites is 2. The summed E-state index contributed by atoms with van der Waals surface area (Å²) in [6.45, 7) is 0.393.